The van der Waals surface area contributed by atoms with Gasteiger partial charge in [-0.3, -0.25) is 9.59 Å². The summed E-state index contributed by atoms with van der Waals surface area (Å²) in [5.74, 6) is -0.508. The maximum absolute atomic E-state index is 13.6. The van der Waals surface area contributed by atoms with Crippen LogP contribution in [0.15, 0.2) is 18.2 Å². The number of carbonyl (C=O) groups is 2. The molecule has 1 aromatic carbocycles. The maximum atomic E-state index is 13.6. The lowest BCUT2D eigenvalue weighted by atomic mass is 10.0. The van der Waals surface area contributed by atoms with E-state index in [-0.39, 0.29) is 18.1 Å². The van der Waals surface area contributed by atoms with Crippen molar-refractivity contribution in [1.29, 1.82) is 0 Å². The average Bonchev–Trinajstić information content (AvgIpc) is 2.58. The summed E-state index contributed by atoms with van der Waals surface area (Å²) >= 11 is 0. The molecule has 0 spiro atoms. The molecular weight excluding hydrogens is 273 g/mol. The van der Waals surface area contributed by atoms with E-state index in [4.69, 9.17) is 5.73 Å². The zero-order valence-electron chi connectivity index (χ0n) is 12.1. The lowest BCUT2D eigenvalue weighted by Gasteiger charge is -2.20. The van der Waals surface area contributed by atoms with E-state index >= 15 is 0 Å². The average molecular weight is 293 g/mol. The molecule has 5 nitrogen and oxygen atoms in total. The molecule has 1 heterocycles. The van der Waals surface area contributed by atoms with Gasteiger partial charge in [0.15, 0.2) is 0 Å². The van der Waals surface area contributed by atoms with Crippen molar-refractivity contribution >= 4 is 23.2 Å². The molecule has 0 saturated carbocycles. The minimum atomic E-state index is -0.548. The smallest absolute Gasteiger partial charge is 0.244 e. The Hall–Kier alpha value is -2.11. The molecule has 0 radical (unpaired) electrons. The van der Waals surface area contributed by atoms with Gasteiger partial charge in [-0.1, -0.05) is 6.92 Å². The number of hydrogen-bond acceptors (Lipinski definition) is 3. The van der Waals surface area contributed by atoms with Crippen molar-refractivity contribution in [1.82, 2.24) is 4.90 Å². The molecule has 1 saturated heterocycles. The Balaban J connectivity index is 1.97. The third-order valence-electron chi connectivity index (χ3n) is 3.69. The van der Waals surface area contributed by atoms with Gasteiger partial charge in [0.1, 0.15) is 5.82 Å². The van der Waals surface area contributed by atoms with Crippen molar-refractivity contribution in [2.45, 2.75) is 26.2 Å². The lowest BCUT2D eigenvalue weighted by Crippen LogP contribution is -2.37. The molecule has 1 aliphatic rings. The maximum Gasteiger partial charge on any atom is 0.244 e. The number of anilines is 2. The number of hydrogen-bond donors (Lipinski definition) is 2. The van der Waals surface area contributed by atoms with Crippen molar-refractivity contribution in [3.05, 3.63) is 24.0 Å². The molecular formula is C15H20FN3O2. The van der Waals surface area contributed by atoms with Gasteiger partial charge in [-0.05, 0) is 37.0 Å². The van der Waals surface area contributed by atoms with Gasteiger partial charge in [0.25, 0.3) is 0 Å². The first-order chi connectivity index (χ1) is 9.95. The van der Waals surface area contributed by atoms with E-state index in [9.17, 15) is 14.0 Å². The molecule has 6 heteroatoms. The Morgan fingerprint density at radius 1 is 1.48 bits per heavy atom. The van der Waals surface area contributed by atoms with E-state index in [0.717, 1.165) is 12.8 Å². The standard InChI is InChI=1S/C15H20FN3O2/c1-10-2-5-15(21)19(7-6-10)9-14(20)18-13-8-11(17)3-4-12(13)16/h3-4,8,10H,2,5-7,9,17H2,1H3,(H,18,20). The first-order valence-corrected chi connectivity index (χ1v) is 7.08. The number of nitrogens with zero attached hydrogens (tertiary/aromatic N) is 1. The number of amides is 2. The molecule has 0 aromatic heterocycles. The van der Waals surface area contributed by atoms with Crippen molar-refractivity contribution in [2.24, 2.45) is 5.92 Å². The molecule has 114 valence electrons. The summed E-state index contributed by atoms with van der Waals surface area (Å²) in [5.41, 5.74) is 5.97. The number of likely N-dealkylation sites (tertiary alicyclic amines) is 1. The Kier molecular flexibility index (Phi) is 4.77. The highest BCUT2D eigenvalue weighted by Gasteiger charge is 2.22. The molecule has 2 rings (SSSR count). The number of nitrogen functional groups attached to an aromatic ring is 1. The SMILES string of the molecule is CC1CCC(=O)N(CC(=O)Nc2cc(N)ccc2F)CC1. The van der Waals surface area contributed by atoms with E-state index in [1.54, 1.807) is 0 Å². The van der Waals surface area contributed by atoms with Crippen LogP contribution in [-0.2, 0) is 9.59 Å². The summed E-state index contributed by atoms with van der Waals surface area (Å²) in [6, 6.07) is 3.98. The van der Waals surface area contributed by atoms with Crippen LogP contribution in [0.4, 0.5) is 15.8 Å². The summed E-state index contributed by atoms with van der Waals surface area (Å²) in [4.78, 5) is 25.4. The van der Waals surface area contributed by atoms with Crippen LogP contribution in [0.3, 0.4) is 0 Å². The van der Waals surface area contributed by atoms with Crippen LogP contribution in [-0.4, -0.2) is 29.8 Å². The monoisotopic (exact) mass is 293 g/mol. The summed E-state index contributed by atoms with van der Waals surface area (Å²) in [5, 5.41) is 2.46. The van der Waals surface area contributed by atoms with Crippen molar-refractivity contribution in [3.8, 4) is 0 Å². The van der Waals surface area contributed by atoms with Crippen LogP contribution in [0.1, 0.15) is 26.2 Å². The van der Waals surface area contributed by atoms with Gasteiger partial charge in [-0.15, -0.1) is 0 Å². The zero-order valence-corrected chi connectivity index (χ0v) is 12.1. The molecule has 3 N–H and O–H groups in total. The molecule has 1 aromatic rings. The normalized spacial score (nSPS) is 19.2. The molecule has 21 heavy (non-hydrogen) atoms. The summed E-state index contributed by atoms with van der Waals surface area (Å²) in [6.45, 7) is 2.60. The molecule has 1 fully saturated rings. The molecule has 2 amide bonds. The molecule has 1 atom stereocenters. The first-order valence-electron chi connectivity index (χ1n) is 7.08. The number of halogens is 1. The van der Waals surface area contributed by atoms with Crippen LogP contribution in [0.2, 0.25) is 0 Å². The first kappa shape index (κ1) is 15.3. The van der Waals surface area contributed by atoms with Gasteiger partial charge < -0.3 is 16.0 Å². The molecule has 0 aliphatic carbocycles. The van der Waals surface area contributed by atoms with Crippen LogP contribution >= 0.6 is 0 Å². The van der Waals surface area contributed by atoms with Crippen LogP contribution < -0.4 is 11.1 Å². The number of rotatable bonds is 3. The Morgan fingerprint density at radius 2 is 2.24 bits per heavy atom. The van der Waals surface area contributed by atoms with Crippen molar-refractivity contribution in [2.75, 3.05) is 24.1 Å². The van der Waals surface area contributed by atoms with Crippen molar-refractivity contribution < 1.29 is 14.0 Å². The minimum Gasteiger partial charge on any atom is -0.399 e. The largest absolute Gasteiger partial charge is 0.399 e. The van der Waals surface area contributed by atoms with E-state index in [2.05, 4.69) is 12.2 Å². The van der Waals surface area contributed by atoms with Gasteiger partial charge >= 0.3 is 0 Å². The summed E-state index contributed by atoms with van der Waals surface area (Å²) in [6.07, 6.45) is 2.19. The van der Waals surface area contributed by atoms with Crippen molar-refractivity contribution in [3.63, 3.8) is 0 Å². The van der Waals surface area contributed by atoms with Gasteiger partial charge in [-0.25, -0.2) is 4.39 Å². The Morgan fingerprint density at radius 3 is 3.00 bits per heavy atom. The number of carbonyl (C=O) groups excluding carboxylic acids is 2. The highest BCUT2D eigenvalue weighted by molar-refractivity contribution is 5.95. The Labute approximate surface area is 123 Å². The lowest BCUT2D eigenvalue weighted by molar-refractivity contribution is -0.134. The molecule has 1 aliphatic heterocycles. The van der Waals surface area contributed by atoms with Crippen LogP contribution in [0, 0.1) is 11.7 Å². The third kappa shape index (κ3) is 4.18. The van der Waals surface area contributed by atoms with E-state index in [1.165, 1.54) is 23.1 Å². The second-order valence-corrected chi connectivity index (χ2v) is 5.54. The Bertz CT molecular complexity index is 548. The van der Waals surface area contributed by atoms with E-state index in [1.807, 2.05) is 0 Å². The van der Waals surface area contributed by atoms with Gasteiger partial charge in [0.2, 0.25) is 11.8 Å². The topological polar surface area (TPSA) is 75.4 Å². The highest BCUT2D eigenvalue weighted by Crippen LogP contribution is 2.19. The second kappa shape index (κ2) is 6.56. The number of nitrogens with one attached hydrogen (secondary N) is 1. The molecule has 0 bridgehead atoms. The predicted octanol–water partition coefficient (Wildman–Crippen LogP) is 1.99. The summed E-state index contributed by atoms with van der Waals surface area (Å²) in [7, 11) is 0. The highest BCUT2D eigenvalue weighted by atomic mass is 19.1. The predicted molar refractivity (Wildman–Crippen MR) is 79.0 cm³/mol. The molecule has 1 unspecified atom stereocenters. The third-order valence-corrected chi connectivity index (χ3v) is 3.69. The number of nitrogens with two attached hydrogens (primary N) is 1. The summed E-state index contributed by atoms with van der Waals surface area (Å²) < 4.78 is 13.6. The van der Waals surface area contributed by atoms with E-state index in [0.29, 0.717) is 24.6 Å². The minimum absolute atomic E-state index is 0.0254. The van der Waals surface area contributed by atoms with Gasteiger partial charge in [0.05, 0.1) is 12.2 Å². The van der Waals surface area contributed by atoms with Crippen LogP contribution in [0.25, 0.3) is 0 Å². The zero-order chi connectivity index (χ0) is 15.4. The van der Waals surface area contributed by atoms with E-state index < -0.39 is 11.7 Å². The fraction of sp³-hybridized carbons (Fsp3) is 0.467. The number of benzene rings is 1. The van der Waals surface area contributed by atoms with Crippen LogP contribution in [0.5, 0.6) is 0 Å². The fourth-order valence-electron chi connectivity index (χ4n) is 2.34. The quantitative estimate of drug-likeness (QED) is 0.837. The van der Waals surface area contributed by atoms with Gasteiger partial charge in [0, 0.05) is 18.7 Å². The second-order valence-electron chi connectivity index (χ2n) is 5.54. The fourth-order valence-corrected chi connectivity index (χ4v) is 2.34. The van der Waals surface area contributed by atoms with Gasteiger partial charge in [-0.2, -0.15) is 0 Å².